The summed E-state index contributed by atoms with van der Waals surface area (Å²) < 4.78 is 0. The van der Waals surface area contributed by atoms with Gasteiger partial charge in [0, 0.05) is 0 Å². The SMILES string of the molecule is CC(=O)[C@H](C)NC(=O)[C@@H](CC(C)C)N1C(=O)c2ccccc2C1=O. The molecular weight excluding hydrogens is 308 g/mol. The third-order valence-corrected chi connectivity index (χ3v) is 4.10. The number of hydrogen-bond donors (Lipinski definition) is 1. The average molecular weight is 330 g/mol. The van der Waals surface area contributed by atoms with Crippen LogP contribution in [-0.2, 0) is 9.59 Å². The van der Waals surface area contributed by atoms with E-state index in [2.05, 4.69) is 5.32 Å². The summed E-state index contributed by atoms with van der Waals surface area (Å²) >= 11 is 0. The van der Waals surface area contributed by atoms with Gasteiger partial charge in [0.2, 0.25) is 5.91 Å². The molecule has 6 nitrogen and oxygen atoms in total. The molecule has 2 atom stereocenters. The van der Waals surface area contributed by atoms with Crippen LogP contribution in [-0.4, -0.2) is 40.5 Å². The Kier molecular flexibility index (Phi) is 5.17. The number of nitrogens with one attached hydrogen (secondary N) is 1. The van der Waals surface area contributed by atoms with Gasteiger partial charge in [-0.2, -0.15) is 0 Å². The van der Waals surface area contributed by atoms with Crippen molar-refractivity contribution in [3.63, 3.8) is 0 Å². The predicted molar refractivity (Wildman–Crippen MR) is 88.5 cm³/mol. The van der Waals surface area contributed by atoms with Crippen LogP contribution in [0.15, 0.2) is 24.3 Å². The van der Waals surface area contributed by atoms with Gasteiger partial charge < -0.3 is 5.32 Å². The van der Waals surface area contributed by atoms with E-state index in [1.807, 2.05) is 13.8 Å². The van der Waals surface area contributed by atoms with E-state index in [0.717, 1.165) is 4.90 Å². The minimum absolute atomic E-state index is 0.0951. The topological polar surface area (TPSA) is 83.6 Å². The molecule has 1 aliphatic rings. The number of imide groups is 1. The van der Waals surface area contributed by atoms with Crippen LogP contribution in [0.4, 0.5) is 0 Å². The average Bonchev–Trinajstić information content (AvgIpc) is 2.77. The zero-order valence-electron chi connectivity index (χ0n) is 14.3. The lowest BCUT2D eigenvalue weighted by Crippen LogP contribution is -2.52. The number of ketones is 1. The fourth-order valence-electron chi connectivity index (χ4n) is 2.68. The van der Waals surface area contributed by atoms with E-state index in [-0.39, 0.29) is 11.7 Å². The third-order valence-electron chi connectivity index (χ3n) is 4.10. The molecular formula is C18H22N2O4. The van der Waals surface area contributed by atoms with Gasteiger partial charge in [-0.3, -0.25) is 24.1 Å². The van der Waals surface area contributed by atoms with Gasteiger partial charge >= 0.3 is 0 Å². The lowest BCUT2D eigenvalue weighted by Gasteiger charge is -2.27. The van der Waals surface area contributed by atoms with E-state index in [1.54, 1.807) is 31.2 Å². The van der Waals surface area contributed by atoms with E-state index in [4.69, 9.17) is 0 Å². The first kappa shape index (κ1) is 17.8. The highest BCUT2D eigenvalue weighted by Crippen LogP contribution is 2.27. The normalized spacial score (nSPS) is 16.1. The first-order valence-corrected chi connectivity index (χ1v) is 8.01. The monoisotopic (exact) mass is 330 g/mol. The van der Waals surface area contributed by atoms with Crippen LogP contribution in [0.25, 0.3) is 0 Å². The molecule has 2 rings (SSSR count). The van der Waals surface area contributed by atoms with Crippen molar-refractivity contribution in [3.05, 3.63) is 35.4 Å². The van der Waals surface area contributed by atoms with Crippen LogP contribution in [0.2, 0.25) is 0 Å². The highest BCUT2D eigenvalue weighted by atomic mass is 16.2. The smallest absolute Gasteiger partial charge is 0.262 e. The van der Waals surface area contributed by atoms with Crippen molar-refractivity contribution >= 4 is 23.5 Å². The van der Waals surface area contributed by atoms with Crippen molar-refractivity contribution < 1.29 is 19.2 Å². The van der Waals surface area contributed by atoms with Crippen LogP contribution in [0.5, 0.6) is 0 Å². The summed E-state index contributed by atoms with van der Waals surface area (Å²) in [5.41, 5.74) is 0.618. The predicted octanol–water partition coefficient (Wildman–Crippen LogP) is 1.79. The Labute approximate surface area is 141 Å². The maximum Gasteiger partial charge on any atom is 0.262 e. The first-order valence-electron chi connectivity index (χ1n) is 8.01. The Morgan fingerprint density at radius 1 is 1.04 bits per heavy atom. The van der Waals surface area contributed by atoms with Gasteiger partial charge in [0.25, 0.3) is 11.8 Å². The molecule has 1 aromatic carbocycles. The fraction of sp³-hybridized carbons (Fsp3) is 0.444. The summed E-state index contributed by atoms with van der Waals surface area (Å²) in [4.78, 5) is 50.2. The van der Waals surface area contributed by atoms with E-state index in [0.29, 0.717) is 17.5 Å². The molecule has 0 unspecified atom stereocenters. The Bertz CT molecular complexity index is 661. The molecule has 0 aliphatic carbocycles. The summed E-state index contributed by atoms with van der Waals surface area (Å²) in [5, 5.41) is 2.59. The second-order valence-electron chi connectivity index (χ2n) is 6.51. The first-order chi connectivity index (χ1) is 11.2. The second-order valence-corrected chi connectivity index (χ2v) is 6.51. The number of hydrogen-bond acceptors (Lipinski definition) is 4. The number of benzene rings is 1. The van der Waals surface area contributed by atoms with Crippen molar-refractivity contribution in [3.8, 4) is 0 Å². The molecule has 1 heterocycles. The minimum Gasteiger partial charge on any atom is -0.345 e. The summed E-state index contributed by atoms with van der Waals surface area (Å²) in [5.74, 6) is -1.51. The Morgan fingerprint density at radius 3 is 1.96 bits per heavy atom. The second kappa shape index (κ2) is 6.95. The highest BCUT2D eigenvalue weighted by Gasteiger charge is 2.43. The van der Waals surface area contributed by atoms with Crippen LogP contribution in [0, 0.1) is 5.92 Å². The van der Waals surface area contributed by atoms with Crippen LogP contribution < -0.4 is 5.32 Å². The van der Waals surface area contributed by atoms with Gasteiger partial charge in [0.15, 0.2) is 5.78 Å². The minimum atomic E-state index is -0.931. The number of rotatable bonds is 6. The van der Waals surface area contributed by atoms with E-state index in [1.165, 1.54) is 6.92 Å². The molecule has 0 saturated heterocycles. The molecule has 6 heteroatoms. The molecule has 0 bridgehead atoms. The summed E-state index contributed by atoms with van der Waals surface area (Å²) in [6, 6.07) is 4.93. The summed E-state index contributed by atoms with van der Waals surface area (Å²) in [6.07, 6.45) is 0.335. The lowest BCUT2D eigenvalue weighted by atomic mass is 10.0. The summed E-state index contributed by atoms with van der Waals surface area (Å²) in [6.45, 7) is 6.78. The number of Topliss-reactive ketones (excluding diaryl/α,β-unsaturated/α-hetero) is 1. The number of nitrogens with zero attached hydrogens (tertiary/aromatic N) is 1. The quantitative estimate of drug-likeness (QED) is 0.806. The van der Waals surface area contributed by atoms with Crippen molar-refractivity contribution in [1.82, 2.24) is 10.2 Å². The molecule has 1 aromatic rings. The Hall–Kier alpha value is -2.50. The molecule has 1 N–H and O–H groups in total. The molecule has 0 radical (unpaired) electrons. The molecule has 1 aliphatic heterocycles. The lowest BCUT2D eigenvalue weighted by molar-refractivity contribution is -0.129. The van der Waals surface area contributed by atoms with Crippen LogP contribution in [0.1, 0.15) is 54.8 Å². The zero-order chi connectivity index (χ0) is 18.0. The fourth-order valence-corrected chi connectivity index (χ4v) is 2.68. The molecule has 0 saturated carbocycles. The molecule has 0 fully saturated rings. The van der Waals surface area contributed by atoms with Crippen LogP contribution >= 0.6 is 0 Å². The standard InChI is InChI=1S/C18H22N2O4/c1-10(2)9-15(16(22)19-11(3)12(4)21)20-17(23)13-7-5-6-8-14(13)18(20)24/h5-8,10-11,15H,9H2,1-4H3,(H,19,22)/t11-,15+/m0/s1. The van der Waals surface area contributed by atoms with Crippen molar-refractivity contribution in [2.75, 3.05) is 0 Å². The molecule has 0 aromatic heterocycles. The van der Waals surface area contributed by atoms with Crippen LogP contribution in [0.3, 0.4) is 0 Å². The van der Waals surface area contributed by atoms with Gasteiger partial charge in [-0.05, 0) is 38.3 Å². The largest absolute Gasteiger partial charge is 0.345 e. The third kappa shape index (κ3) is 3.37. The van der Waals surface area contributed by atoms with E-state index < -0.39 is 29.8 Å². The van der Waals surface area contributed by atoms with Gasteiger partial charge in [-0.1, -0.05) is 26.0 Å². The molecule has 24 heavy (non-hydrogen) atoms. The van der Waals surface area contributed by atoms with E-state index in [9.17, 15) is 19.2 Å². The Morgan fingerprint density at radius 2 is 1.54 bits per heavy atom. The number of carbonyl (C=O) groups excluding carboxylic acids is 4. The van der Waals surface area contributed by atoms with Gasteiger partial charge in [0.1, 0.15) is 6.04 Å². The van der Waals surface area contributed by atoms with Crippen molar-refractivity contribution in [2.24, 2.45) is 5.92 Å². The number of carbonyl (C=O) groups is 4. The Balaban J connectivity index is 2.32. The highest BCUT2D eigenvalue weighted by molar-refractivity contribution is 6.22. The van der Waals surface area contributed by atoms with Crippen molar-refractivity contribution in [2.45, 2.75) is 46.2 Å². The van der Waals surface area contributed by atoms with Crippen molar-refractivity contribution in [1.29, 1.82) is 0 Å². The maximum absolute atomic E-state index is 12.6. The van der Waals surface area contributed by atoms with Gasteiger partial charge in [-0.15, -0.1) is 0 Å². The maximum atomic E-state index is 12.6. The zero-order valence-corrected chi connectivity index (χ0v) is 14.3. The molecule has 3 amide bonds. The number of fused-ring (bicyclic) bond motifs is 1. The molecule has 128 valence electrons. The molecule has 0 spiro atoms. The summed E-state index contributed by atoms with van der Waals surface area (Å²) in [7, 11) is 0. The van der Waals surface area contributed by atoms with E-state index >= 15 is 0 Å². The van der Waals surface area contributed by atoms with Gasteiger partial charge in [-0.25, -0.2) is 0 Å². The van der Waals surface area contributed by atoms with Gasteiger partial charge in [0.05, 0.1) is 17.2 Å². The number of amides is 3.